The normalized spacial score (nSPS) is 12.2. The first kappa shape index (κ1) is 22.9. The molecule has 2 aromatic carbocycles. The maximum absolute atomic E-state index is 13.0. The summed E-state index contributed by atoms with van der Waals surface area (Å²) in [6, 6.07) is 12.2. The van der Waals surface area contributed by atoms with Gasteiger partial charge in [-0.15, -0.1) is 0 Å². The molecule has 0 unspecified atom stereocenters. The first-order valence-electron chi connectivity index (χ1n) is 10.2. The molecule has 2 heterocycles. The zero-order chi connectivity index (χ0) is 23.5. The molecular formula is C23H21ClN4O4S. The van der Waals surface area contributed by atoms with E-state index < -0.39 is 5.97 Å². The number of para-hydroxylation sites is 2. The standard InChI is InChI=1S/C23H21ClN4O4S/c1-3-10-28-21(30)14-9-8-13(24)11-17(14)27-23(28)33-12-18(29)19(22(31)32-2)20-25-15-6-4-5-7-16(15)26-20/h4-9,11,29H,3,10,12H2,1-2H3,(H,25,26)/b19-18+. The molecule has 2 N–H and O–H groups in total. The van der Waals surface area contributed by atoms with Crippen molar-refractivity contribution in [2.75, 3.05) is 12.9 Å². The molecule has 2 aromatic heterocycles. The molecule has 0 aliphatic carbocycles. The average molecular weight is 485 g/mol. The molecule has 0 fully saturated rings. The number of aliphatic hydroxyl groups excluding tert-OH is 1. The van der Waals surface area contributed by atoms with Crippen molar-refractivity contribution >= 4 is 56.8 Å². The number of aromatic nitrogens is 4. The molecule has 0 atom stereocenters. The van der Waals surface area contributed by atoms with E-state index in [4.69, 9.17) is 16.3 Å². The Labute approximate surface area is 198 Å². The third-order valence-electron chi connectivity index (χ3n) is 4.97. The first-order chi connectivity index (χ1) is 15.9. The summed E-state index contributed by atoms with van der Waals surface area (Å²) in [7, 11) is 1.24. The minimum absolute atomic E-state index is 0.0241. The SMILES string of the molecule is CCCn1c(SC/C(O)=C(\C(=O)OC)c2nc3ccccc3[nH]2)nc2cc(Cl)ccc2c1=O. The number of hydrogen-bond acceptors (Lipinski definition) is 7. The number of H-pyrrole nitrogens is 1. The second-order valence-corrected chi connectivity index (χ2v) is 8.60. The molecule has 0 amide bonds. The van der Waals surface area contributed by atoms with Crippen LogP contribution in [0, 0.1) is 0 Å². The maximum Gasteiger partial charge on any atom is 0.345 e. The minimum atomic E-state index is -0.726. The van der Waals surface area contributed by atoms with Gasteiger partial charge in [-0.25, -0.2) is 14.8 Å². The largest absolute Gasteiger partial charge is 0.510 e. The molecule has 0 bridgehead atoms. The molecule has 10 heteroatoms. The van der Waals surface area contributed by atoms with E-state index in [1.165, 1.54) is 7.11 Å². The van der Waals surface area contributed by atoms with E-state index in [2.05, 4.69) is 15.0 Å². The van der Waals surface area contributed by atoms with Crippen LogP contribution in [0.4, 0.5) is 0 Å². The van der Waals surface area contributed by atoms with Crippen LogP contribution in [0.1, 0.15) is 19.2 Å². The van der Waals surface area contributed by atoms with E-state index in [9.17, 15) is 14.7 Å². The van der Waals surface area contributed by atoms with E-state index in [0.717, 1.165) is 23.7 Å². The maximum atomic E-state index is 13.0. The van der Waals surface area contributed by atoms with Crippen LogP contribution in [0.5, 0.6) is 0 Å². The monoisotopic (exact) mass is 484 g/mol. The fraction of sp³-hybridized carbons (Fsp3) is 0.217. The number of imidazole rings is 1. The number of methoxy groups -OCH3 is 1. The Morgan fingerprint density at radius 2 is 2.00 bits per heavy atom. The highest BCUT2D eigenvalue weighted by Crippen LogP contribution is 2.26. The molecule has 170 valence electrons. The molecule has 4 aromatic rings. The summed E-state index contributed by atoms with van der Waals surface area (Å²) >= 11 is 7.22. The van der Waals surface area contributed by atoms with Gasteiger partial charge in [0, 0.05) is 11.6 Å². The van der Waals surface area contributed by atoms with Gasteiger partial charge in [0.15, 0.2) is 5.16 Å². The van der Waals surface area contributed by atoms with Gasteiger partial charge in [-0.2, -0.15) is 0 Å². The minimum Gasteiger partial charge on any atom is -0.510 e. The lowest BCUT2D eigenvalue weighted by molar-refractivity contribution is -0.133. The Morgan fingerprint density at radius 3 is 2.73 bits per heavy atom. The number of benzene rings is 2. The second-order valence-electron chi connectivity index (χ2n) is 7.22. The third-order valence-corrected chi connectivity index (χ3v) is 6.19. The van der Waals surface area contributed by atoms with Crippen molar-refractivity contribution in [1.82, 2.24) is 19.5 Å². The van der Waals surface area contributed by atoms with Gasteiger partial charge in [0.05, 0.1) is 34.8 Å². The summed E-state index contributed by atoms with van der Waals surface area (Å²) in [5.74, 6) is -0.792. The quantitative estimate of drug-likeness (QED) is 0.130. The number of hydrogen-bond donors (Lipinski definition) is 2. The number of fused-ring (bicyclic) bond motifs is 2. The van der Waals surface area contributed by atoms with Crippen LogP contribution in [0.2, 0.25) is 5.02 Å². The van der Waals surface area contributed by atoms with Crippen molar-refractivity contribution in [1.29, 1.82) is 0 Å². The number of thioether (sulfide) groups is 1. The van der Waals surface area contributed by atoms with Gasteiger partial charge < -0.3 is 14.8 Å². The van der Waals surface area contributed by atoms with E-state index in [0.29, 0.717) is 33.1 Å². The van der Waals surface area contributed by atoms with Crippen molar-refractivity contribution in [3.8, 4) is 0 Å². The van der Waals surface area contributed by atoms with Gasteiger partial charge in [-0.3, -0.25) is 9.36 Å². The van der Waals surface area contributed by atoms with E-state index >= 15 is 0 Å². The molecule has 0 saturated heterocycles. The van der Waals surface area contributed by atoms with Gasteiger partial charge in [0.2, 0.25) is 0 Å². The van der Waals surface area contributed by atoms with E-state index in [-0.39, 0.29) is 28.5 Å². The molecule has 4 rings (SSSR count). The number of ether oxygens (including phenoxy) is 1. The zero-order valence-corrected chi connectivity index (χ0v) is 19.5. The molecule has 33 heavy (non-hydrogen) atoms. The summed E-state index contributed by atoms with van der Waals surface area (Å²) in [5, 5.41) is 12.2. The highest BCUT2D eigenvalue weighted by Gasteiger charge is 2.23. The Hall–Kier alpha value is -3.30. The Bertz CT molecular complexity index is 1410. The number of rotatable bonds is 7. The molecule has 0 spiro atoms. The van der Waals surface area contributed by atoms with Gasteiger partial charge in [0.1, 0.15) is 17.2 Å². The lowest BCUT2D eigenvalue weighted by Gasteiger charge is -2.13. The summed E-state index contributed by atoms with van der Waals surface area (Å²) in [6.07, 6.45) is 0.725. The van der Waals surface area contributed by atoms with Crippen molar-refractivity contribution in [2.24, 2.45) is 0 Å². The summed E-state index contributed by atoms with van der Waals surface area (Å²) in [5.41, 5.74) is 1.58. The van der Waals surface area contributed by atoms with Crippen molar-refractivity contribution < 1.29 is 14.6 Å². The summed E-state index contributed by atoms with van der Waals surface area (Å²) in [4.78, 5) is 37.5. The number of esters is 1. The number of carbonyl (C=O) groups is 1. The zero-order valence-electron chi connectivity index (χ0n) is 18.0. The van der Waals surface area contributed by atoms with E-state index in [1.54, 1.807) is 28.8 Å². The van der Waals surface area contributed by atoms with Crippen LogP contribution in [-0.4, -0.2) is 43.5 Å². The number of halogens is 1. The molecule has 0 saturated carbocycles. The van der Waals surface area contributed by atoms with Crippen LogP contribution in [0.3, 0.4) is 0 Å². The van der Waals surface area contributed by atoms with Crippen LogP contribution in [0.25, 0.3) is 27.5 Å². The first-order valence-corrected chi connectivity index (χ1v) is 11.6. The van der Waals surface area contributed by atoms with Crippen molar-refractivity contribution in [2.45, 2.75) is 25.0 Å². The fourth-order valence-electron chi connectivity index (χ4n) is 3.43. The number of aromatic amines is 1. The van der Waals surface area contributed by atoms with Crippen molar-refractivity contribution in [3.05, 3.63) is 69.4 Å². The smallest absolute Gasteiger partial charge is 0.345 e. The predicted octanol–water partition coefficient (Wildman–Crippen LogP) is 4.57. The van der Waals surface area contributed by atoms with Crippen LogP contribution in [-0.2, 0) is 16.1 Å². The number of carbonyl (C=O) groups excluding carboxylic acids is 1. The Morgan fingerprint density at radius 1 is 1.21 bits per heavy atom. The Kier molecular flexibility index (Phi) is 6.71. The molecule has 0 aliphatic rings. The van der Waals surface area contributed by atoms with Gasteiger partial charge in [-0.05, 0) is 36.8 Å². The van der Waals surface area contributed by atoms with Gasteiger partial charge in [-0.1, -0.05) is 42.4 Å². The molecule has 0 radical (unpaired) electrons. The predicted molar refractivity (Wildman–Crippen MR) is 130 cm³/mol. The number of nitrogens with one attached hydrogen (secondary N) is 1. The van der Waals surface area contributed by atoms with E-state index in [1.807, 2.05) is 25.1 Å². The Balaban J connectivity index is 1.74. The van der Waals surface area contributed by atoms with Crippen LogP contribution >= 0.6 is 23.4 Å². The molecule has 8 nitrogen and oxygen atoms in total. The summed E-state index contributed by atoms with van der Waals surface area (Å²) in [6.45, 7) is 2.42. The van der Waals surface area contributed by atoms with Gasteiger partial charge >= 0.3 is 5.97 Å². The van der Waals surface area contributed by atoms with Gasteiger partial charge in [0.25, 0.3) is 5.56 Å². The average Bonchev–Trinajstić information content (AvgIpc) is 3.23. The fourth-order valence-corrected chi connectivity index (χ4v) is 4.50. The highest BCUT2D eigenvalue weighted by atomic mass is 35.5. The lowest BCUT2D eigenvalue weighted by Crippen LogP contribution is -2.23. The highest BCUT2D eigenvalue weighted by molar-refractivity contribution is 7.99. The van der Waals surface area contributed by atoms with Crippen molar-refractivity contribution in [3.63, 3.8) is 0 Å². The molecular weight excluding hydrogens is 464 g/mol. The summed E-state index contributed by atoms with van der Waals surface area (Å²) < 4.78 is 6.44. The second kappa shape index (κ2) is 9.68. The molecule has 0 aliphatic heterocycles. The number of aliphatic hydroxyl groups is 1. The van der Waals surface area contributed by atoms with Crippen LogP contribution in [0.15, 0.2) is 58.2 Å². The third kappa shape index (κ3) is 4.60. The number of nitrogens with zero attached hydrogens (tertiary/aromatic N) is 3. The van der Waals surface area contributed by atoms with Crippen LogP contribution < -0.4 is 5.56 Å². The lowest BCUT2D eigenvalue weighted by atomic mass is 10.2. The topological polar surface area (TPSA) is 110 Å².